The molecule has 6 unspecified atom stereocenters. The minimum absolute atomic E-state index is 0.0395. The van der Waals surface area contributed by atoms with E-state index < -0.39 is 5.54 Å². The summed E-state index contributed by atoms with van der Waals surface area (Å²) >= 11 is -0.378. The van der Waals surface area contributed by atoms with Crippen molar-refractivity contribution in [3.63, 3.8) is 0 Å². The van der Waals surface area contributed by atoms with Crippen LogP contribution in [-0.4, -0.2) is 46.2 Å². The van der Waals surface area contributed by atoms with Crippen LogP contribution in [0.5, 0.6) is 5.75 Å². The average molecular weight is 654 g/mol. The third-order valence-electron chi connectivity index (χ3n) is 11.6. The van der Waals surface area contributed by atoms with Gasteiger partial charge in [-0.05, 0) is 48.8 Å². The van der Waals surface area contributed by atoms with E-state index in [9.17, 15) is 25.1 Å². The zero-order valence-corrected chi connectivity index (χ0v) is 27.5. The monoisotopic (exact) mass is 654 g/mol. The SMILES string of the molecule is CC12CCC3c4ccc(O)cc4CC(CCCCCCCC(=O)N4[Se]c5c([N+](=O)[O-])cccc5C4(C)C)C3C1CCC2O. The molecule has 1 amide bonds. The number of amides is 1. The van der Waals surface area contributed by atoms with Crippen molar-refractivity contribution in [1.82, 2.24) is 3.92 Å². The van der Waals surface area contributed by atoms with Crippen LogP contribution in [-0.2, 0) is 16.8 Å². The van der Waals surface area contributed by atoms with Crippen molar-refractivity contribution < 1.29 is 19.9 Å². The summed E-state index contributed by atoms with van der Waals surface area (Å²) in [6, 6.07) is 11.2. The van der Waals surface area contributed by atoms with Gasteiger partial charge in [0.15, 0.2) is 0 Å². The Morgan fingerprint density at radius 3 is 2.63 bits per heavy atom. The van der Waals surface area contributed by atoms with Gasteiger partial charge in [-0.25, -0.2) is 0 Å². The smallest absolute Gasteiger partial charge is 0.393 e. The van der Waals surface area contributed by atoms with Crippen molar-refractivity contribution >= 4 is 31.2 Å². The van der Waals surface area contributed by atoms with Gasteiger partial charge in [0.1, 0.15) is 5.75 Å². The summed E-state index contributed by atoms with van der Waals surface area (Å²) in [6.45, 7) is 6.33. The predicted molar refractivity (Wildman–Crippen MR) is 168 cm³/mol. The fourth-order valence-electron chi connectivity index (χ4n) is 9.27. The zero-order valence-electron chi connectivity index (χ0n) is 25.8. The number of phenols is 1. The fraction of sp³-hybridized carbons (Fsp3) is 0.629. The van der Waals surface area contributed by atoms with Crippen LogP contribution in [0.25, 0.3) is 0 Å². The molecule has 1 aliphatic heterocycles. The summed E-state index contributed by atoms with van der Waals surface area (Å²) in [7, 11) is 0. The van der Waals surface area contributed by atoms with Crippen molar-refractivity contribution in [1.29, 1.82) is 0 Å². The number of unbranched alkanes of at least 4 members (excludes halogenated alkanes) is 4. The first kappa shape index (κ1) is 30.6. The van der Waals surface area contributed by atoms with E-state index in [1.165, 1.54) is 24.0 Å². The van der Waals surface area contributed by atoms with E-state index in [2.05, 4.69) is 13.0 Å². The molecule has 6 rings (SSSR count). The number of nitro benzene ring substituents is 1. The van der Waals surface area contributed by atoms with Crippen LogP contribution in [0.2, 0.25) is 0 Å². The third-order valence-corrected chi connectivity index (χ3v) is 14.6. The molecule has 6 atom stereocenters. The van der Waals surface area contributed by atoms with Gasteiger partial charge in [0.25, 0.3) is 0 Å². The Balaban J connectivity index is 1.01. The average Bonchev–Trinajstić information content (AvgIpc) is 3.43. The molecule has 4 aliphatic rings. The molecule has 2 aromatic carbocycles. The van der Waals surface area contributed by atoms with Crippen molar-refractivity contribution in [3.05, 3.63) is 63.2 Å². The molecule has 0 spiro atoms. The normalized spacial score (nSPS) is 30.3. The summed E-state index contributed by atoms with van der Waals surface area (Å²) in [5.74, 6) is 2.76. The topological polar surface area (TPSA) is 104 Å². The van der Waals surface area contributed by atoms with Gasteiger partial charge in [0.05, 0.1) is 6.10 Å². The van der Waals surface area contributed by atoms with Crippen LogP contribution < -0.4 is 4.46 Å². The van der Waals surface area contributed by atoms with Crippen LogP contribution in [0.15, 0.2) is 36.4 Å². The molecule has 0 aromatic heterocycles. The second-order valence-electron chi connectivity index (χ2n) is 14.3. The number of nitrogens with zero attached hydrogens (tertiary/aromatic N) is 2. The molecule has 0 radical (unpaired) electrons. The molecular formula is C35H46N2O5Se. The van der Waals surface area contributed by atoms with Gasteiger partial charge in [-0.2, -0.15) is 0 Å². The maximum atomic E-state index is 13.2. The quantitative estimate of drug-likeness (QED) is 0.139. The Labute approximate surface area is 262 Å². The van der Waals surface area contributed by atoms with Gasteiger partial charge in [0, 0.05) is 0 Å². The number of hydrogen-bond donors (Lipinski definition) is 2. The Kier molecular flexibility index (Phi) is 8.42. The zero-order chi connectivity index (χ0) is 30.5. The van der Waals surface area contributed by atoms with E-state index in [-0.39, 0.29) is 43.2 Å². The van der Waals surface area contributed by atoms with Crippen LogP contribution >= 0.6 is 0 Å². The summed E-state index contributed by atoms with van der Waals surface area (Å²) in [5.41, 5.74) is 3.32. The summed E-state index contributed by atoms with van der Waals surface area (Å²) in [6.07, 6.45) is 12.1. The van der Waals surface area contributed by atoms with Crippen molar-refractivity contribution in [2.75, 3.05) is 0 Å². The van der Waals surface area contributed by atoms with E-state index >= 15 is 0 Å². The Bertz CT molecular complexity index is 1390. The molecular weight excluding hydrogens is 607 g/mol. The summed E-state index contributed by atoms with van der Waals surface area (Å²) in [5, 5.41) is 32.7. The molecule has 2 fully saturated rings. The van der Waals surface area contributed by atoms with E-state index in [1.807, 2.05) is 36.0 Å². The number of phenolic OH excluding ortho intramolecular Hbond substituents is 1. The van der Waals surface area contributed by atoms with Gasteiger partial charge in [-0.1, -0.05) is 13.0 Å². The molecule has 0 saturated heterocycles. The first-order valence-corrected chi connectivity index (χ1v) is 17.9. The molecule has 2 aromatic rings. The molecule has 232 valence electrons. The molecule has 2 N–H and O–H groups in total. The number of benzene rings is 2. The number of aromatic hydroxyl groups is 1. The first-order chi connectivity index (χ1) is 20.5. The number of rotatable bonds is 9. The number of fused-ring (bicyclic) bond motifs is 6. The number of carbonyl (C=O) groups excluding carboxylic acids is 1. The first-order valence-electron chi connectivity index (χ1n) is 16.3. The van der Waals surface area contributed by atoms with E-state index in [0.29, 0.717) is 35.8 Å². The Morgan fingerprint density at radius 2 is 1.84 bits per heavy atom. The Morgan fingerprint density at radius 1 is 1.07 bits per heavy atom. The number of aliphatic hydroxyl groups excluding tert-OH is 1. The van der Waals surface area contributed by atoms with Gasteiger partial charge < -0.3 is 10.2 Å². The third kappa shape index (κ3) is 5.42. The Hall–Kier alpha value is -2.41. The summed E-state index contributed by atoms with van der Waals surface area (Å²) < 4.78 is 2.61. The minimum atomic E-state index is -0.518. The molecule has 2 saturated carbocycles. The van der Waals surface area contributed by atoms with E-state index in [1.54, 1.807) is 12.1 Å². The maximum absolute atomic E-state index is 13.2. The number of aliphatic hydroxyl groups is 1. The van der Waals surface area contributed by atoms with Crippen LogP contribution in [0.4, 0.5) is 5.69 Å². The standard InChI is InChI=1S/C35H46N2O5Se/c1-34(2)28-11-9-12-29(37(41)42)33(28)43-36(34)31(40)13-8-6-4-5-7-10-22-20-23-21-24(38)14-15-25(23)26-18-19-35(3)27(32(22)26)16-17-30(35)39/h9,11-12,14-15,21-22,26-27,30,32,38-39H,4-8,10,13,16-20H2,1-3H3. The van der Waals surface area contributed by atoms with Gasteiger partial charge >= 0.3 is 179 Å². The predicted octanol–water partition coefficient (Wildman–Crippen LogP) is 6.50. The molecule has 8 heteroatoms. The van der Waals surface area contributed by atoms with Crippen molar-refractivity contribution in [3.8, 4) is 5.75 Å². The molecule has 0 bridgehead atoms. The van der Waals surface area contributed by atoms with E-state index in [0.717, 1.165) is 67.8 Å². The number of carbonyl (C=O) groups is 1. The molecule has 3 aliphatic carbocycles. The minimum Gasteiger partial charge on any atom is -0.393 e. The number of nitro groups is 1. The second-order valence-corrected chi connectivity index (χ2v) is 16.3. The summed E-state index contributed by atoms with van der Waals surface area (Å²) in [4.78, 5) is 24.5. The molecule has 1 heterocycles. The van der Waals surface area contributed by atoms with Crippen LogP contribution in [0, 0.1) is 33.3 Å². The number of hydrogen-bond acceptors (Lipinski definition) is 5. The van der Waals surface area contributed by atoms with Gasteiger partial charge in [-0.3, -0.25) is 0 Å². The molecule has 43 heavy (non-hydrogen) atoms. The van der Waals surface area contributed by atoms with Gasteiger partial charge in [-0.15, -0.1) is 0 Å². The molecule has 7 nitrogen and oxygen atoms in total. The fourth-order valence-corrected chi connectivity index (χ4v) is 12.1. The van der Waals surface area contributed by atoms with Crippen molar-refractivity contribution in [2.45, 2.75) is 115 Å². The van der Waals surface area contributed by atoms with Gasteiger partial charge in [0.2, 0.25) is 0 Å². The van der Waals surface area contributed by atoms with Crippen LogP contribution in [0.1, 0.15) is 114 Å². The van der Waals surface area contributed by atoms with Crippen LogP contribution in [0.3, 0.4) is 0 Å². The van der Waals surface area contributed by atoms with Crippen molar-refractivity contribution in [2.24, 2.45) is 23.2 Å². The van der Waals surface area contributed by atoms with E-state index in [4.69, 9.17) is 0 Å². The second kappa shape index (κ2) is 11.8.